The summed E-state index contributed by atoms with van der Waals surface area (Å²) >= 11 is 0. The molecule has 4 fully saturated rings. The standard InChI is InChI=1S/C43H61NO11/c1-10-40-20-32(39(8,49)38(5,6)7)42(50-9)24-43(42)41(40)15-16-44(21-28-11-12-28)33(40)19-29-13-14-31(37(55-43)36(29)41)54-35(48)18-25(2)17-34(47)53-30(22-51-26(3)45)23-52-27(4)46/h13-14,25,28,30,32-33,49H,10-12,15-24H2,1-9H3/t25?,32-,33?,39+,40-,41-,42+,43+/m1/s1. The predicted octanol–water partition coefficient (Wildman–Crippen LogP) is 5.46. The van der Waals surface area contributed by atoms with E-state index in [1.807, 2.05) is 13.0 Å². The number of piperidine rings is 1. The van der Waals surface area contributed by atoms with Crippen molar-refractivity contribution in [3.63, 3.8) is 0 Å². The molecule has 12 nitrogen and oxygen atoms in total. The lowest BCUT2D eigenvalue weighted by Crippen LogP contribution is -2.76. The molecule has 7 rings (SSSR count). The Morgan fingerprint density at radius 1 is 1.02 bits per heavy atom. The minimum atomic E-state index is -1.06. The van der Waals surface area contributed by atoms with E-state index < -0.39 is 58.1 Å². The third-order valence-electron chi connectivity index (χ3n) is 14.8. The van der Waals surface area contributed by atoms with Gasteiger partial charge in [0.25, 0.3) is 0 Å². The molecule has 3 saturated carbocycles. The van der Waals surface area contributed by atoms with Gasteiger partial charge in [-0.25, -0.2) is 0 Å². The highest BCUT2D eigenvalue weighted by molar-refractivity contribution is 5.77. The quantitative estimate of drug-likeness (QED) is 0.137. The Labute approximate surface area is 325 Å². The highest BCUT2D eigenvalue weighted by atomic mass is 16.6. The zero-order valence-corrected chi connectivity index (χ0v) is 34.2. The second kappa shape index (κ2) is 13.7. The lowest BCUT2D eigenvalue weighted by atomic mass is 9.39. The second-order valence-corrected chi connectivity index (χ2v) is 18.8. The van der Waals surface area contributed by atoms with Gasteiger partial charge in [0.05, 0.1) is 11.0 Å². The lowest BCUT2D eigenvalue weighted by Gasteiger charge is -2.69. The number of hydrogen-bond acceptors (Lipinski definition) is 12. The summed E-state index contributed by atoms with van der Waals surface area (Å²) in [6.07, 6.45) is 5.63. The summed E-state index contributed by atoms with van der Waals surface area (Å²) in [7, 11) is 1.77. The first kappa shape index (κ1) is 40.0. The van der Waals surface area contributed by atoms with Crippen LogP contribution in [-0.2, 0) is 50.0 Å². The Balaban J connectivity index is 1.17. The summed E-state index contributed by atoms with van der Waals surface area (Å²) in [5, 5.41) is 12.6. The van der Waals surface area contributed by atoms with E-state index in [9.17, 15) is 24.3 Å². The molecule has 6 aliphatic rings. The number of aliphatic hydroxyl groups is 1. The van der Waals surface area contributed by atoms with Gasteiger partial charge in [0.2, 0.25) is 0 Å². The number of hydrogen-bond donors (Lipinski definition) is 1. The van der Waals surface area contributed by atoms with Crippen molar-refractivity contribution in [1.82, 2.24) is 4.90 Å². The molecule has 0 amide bonds. The van der Waals surface area contributed by atoms with E-state index in [2.05, 4.69) is 38.7 Å². The van der Waals surface area contributed by atoms with Crippen LogP contribution >= 0.6 is 0 Å². The van der Waals surface area contributed by atoms with Crippen molar-refractivity contribution in [2.24, 2.45) is 28.6 Å². The summed E-state index contributed by atoms with van der Waals surface area (Å²) in [6, 6.07) is 4.28. The fourth-order valence-corrected chi connectivity index (χ4v) is 11.6. The van der Waals surface area contributed by atoms with Gasteiger partial charge in [0.1, 0.15) is 18.8 Å². The Kier molecular flexibility index (Phi) is 9.97. The maximum Gasteiger partial charge on any atom is 0.311 e. The van der Waals surface area contributed by atoms with Crippen LogP contribution in [0.2, 0.25) is 0 Å². The van der Waals surface area contributed by atoms with E-state index >= 15 is 0 Å². The predicted molar refractivity (Wildman–Crippen MR) is 200 cm³/mol. The number of likely N-dealkylation sites (tertiary alicyclic amines) is 1. The van der Waals surface area contributed by atoms with Gasteiger partial charge in [-0.15, -0.1) is 0 Å². The molecule has 12 heteroatoms. The number of esters is 4. The number of carbonyl (C=O) groups excluding carboxylic acids is 4. The van der Waals surface area contributed by atoms with Crippen LogP contribution in [0.5, 0.6) is 11.5 Å². The van der Waals surface area contributed by atoms with E-state index in [0.717, 1.165) is 50.3 Å². The molecule has 2 spiro atoms. The molecule has 1 aromatic carbocycles. The number of ether oxygens (including phenoxy) is 6. The minimum absolute atomic E-state index is 0.0594. The largest absolute Gasteiger partial charge is 0.479 e. The van der Waals surface area contributed by atoms with Crippen LogP contribution in [0.25, 0.3) is 0 Å². The summed E-state index contributed by atoms with van der Waals surface area (Å²) < 4.78 is 35.6. The molecule has 2 unspecified atom stereocenters. The molecule has 2 aliphatic heterocycles. The molecular weight excluding hydrogens is 706 g/mol. The molecule has 304 valence electrons. The summed E-state index contributed by atoms with van der Waals surface area (Å²) in [5.74, 6) is -1.12. The maximum absolute atomic E-state index is 13.6. The second-order valence-electron chi connectivity index (χ2n) is 18.8. The van der Waals surface area contributed by atoms with Gasteiger partial charge >= 0.3 is 23.9 Å². The fourth-order valence-electron chi connectivity index (χ4n) is 11.6. The van der Waals surface area contributed by atoms with E-state index in [1.165, 1.54) is 32.3 Å². The molecule has 1 saturated heterocycles. The fraction of sp³-hybridized carbons (Fsp3) is 0.767. The number of rotatable bonds is 15. The molecule has 2 bridgehead atoms. The maximum atomic E-state index is 13.6. The Hall–Kier alpha value is -3.22. The molecule has 55 heavy (non-hydrogen) atoms. The van der Waals surface area contributed by atoms with Gasteiger partial charge in [0, 0.05) is 69.7 Å². The van der Waals surface area contributed by atoms with Crippen molar-refractivity contribution in [2.45, 2.75) is 148 Å². The first-order valence-electron chi connectivity index (χ1n) is 20.3. The molecule has 0 aromatic heterocycles. The highest BCUT2D eigenvalue weighted by Gasteiger charge is 2.94. The summed E-state index contributed by atoms with van der Waals surface area (Å²) in [6.45, 7) is 16.4. The smallest absolute Gasteiger partial charge is 0.311 e. The SMILES string of the molecule is CC[C@]12C[C@H]([C@](C)(O)C(C)(C)C)[C@@]3(OC)C[C@@]34Oc3c(OC(=O)CC(C)CC(=O)OC(COC(C)=O)COC(C)=O)ccc5c3[C@]14CCN(CC1CC1)C2C5. The summed E-state index contributed by atoms with van der Waals surface area (Å²) in [5.41, 5.74) is -1.09. The normalized spacial score (nSPS) is 33.0. The van der Waals surface area contributed by atoms with Crippen LogP contribution < -0.4 is 9.47 Å². The van der Waals surface area contributed by atoms with Crippen molar-refractivity contribution in [3.05, 3.63) is 23.3 Å². The van der Waals surface area contributed by atoms with Crippen molar-refractivity contribution in [1.29, 1.82) is 0 Å². The van der Waals surface area contributed by atoms with Gasteiger partial charge in [-0.3, -0.25) is 24.1 Å². The average molecular weight is 768 g/mol. The topological polar surface area (TPSA) is 147 Å². The molecule has 1 N–H and O–H groups in total. The molecule has 1 aromatic rings. The van der Waals surface area contributed by atoms with Gasteiger partial charge in [-0.05, 0) is 80.9 Å². The van der Waals surface area contributed by atoms with Gasteiger partial charge in [-0.2, -0.15) is 0 Å². The number of nitrogens with zero attached hydrogens (tertiary/aromatic N) is 1. The van der Waals surface area contributed by atoms with Gasteiger partial charge in [-0.1, -0.05) is 40.7 Å². The average Bonchev–Trinajstić information content (AvgIpc) is 4.01. The zero-order chi connectivity index (χ0) is 39.9. The molecule has 2 heterocycles. The Morgan fingerprint density at radius 3 is 2.25 bits per heavy atom. The van der Waals surface area contributed by atoms with Crippen LogP contribution in [0.3, 0.4) is 0 Å². The van der Waals surface area contributed by atoms with E-state index in [0.29, 0.717) is 17.9 Å². The summed E-state index contributed by atoms with van der Waals surface area (Å²) in [4.78, 5) is 51.9. The van der Waals surface area contributed by atoms with Crippen LogP contribution in [0.4, 0.5) is 0 Å². The lowest BCUT2D eigenvalue weighted by molar-refractivity contribution is -0.237. The van der Waals surface area contributed by atoms with Crippen LogP contribution in [0.15, 0.2) is 12.1 Å². The zero-order valence-electron chi connectivity index (χ0n) is 34.2. The molecule has 4 aliphatic carbocycles. The van der Waals surface area contributed by atoms with Crippen LogP contribution in [0, 0.1) is 28.6 Å². The van der Waals surface area contributed by atoms with E-state index in [1.54, 1.807) is 14.0 Å². The minimum Gasteiger partial charge on any atom is -0.479 e. The van der Waals surface area contributed by atoms with Crippen LogP contribution in [-0.4, -0.2) is 96.2 Å². The molecule has 0 radical (unpaired) electrons. The molecule has 8 atom stereocenters. The van der Waals surface area contributed by atoms with Crippen LogP contribution in [0.1, 0.15) is 118 Å². The first-order chi connectivity index (χ1) is 25.8. The third kappa shape index (κ3) is 6.10. The van der Waals surface area contributed by atoms with Crippen molar-refractivity contribution in [2.75, 3.05) is 33.4 Å². The van der Waals surface area contributed by atoms with Gasteiger partial charge in [0.15, 0.2) is 23.2 Å². The van der Waals surface area contributed by atoms with Crippen molar-refractivity contribution >= 4 is 23.9 Å². The number of benzene rings is 1. The van der Waals surface area contributed by atoms with Gasteiger partial charge < -0.3 is 33.5 Å². The number of methoxy groups -OCH3 is 1. The van der Waals surface area contributed by atoms with Crippen molar-refractivity contribution < 1.29 is 52.7 Å². The van der Waals surface area contributed by atoms with E-state index in [-0.39, 0.29) is 48.8 Å². The molecular formula is C43H61NO11. The monoisotopic (exact) mass is 767 g/mol. The third-order valence-corrected chi connectivity index (χ3v) is 14.8. The number of carbonyl (C=O) groups is 4. The Morgan fingerprint density at radius 2 is 1.67 bits per heavy atom. The highest BCUT2D eigenvalue weighted by Crippen LogP contribution is 2.85. The van der Waals surface area contributed by atoms with E-state index in [4.69, 9.17) is 28.4 Å². The first-order valence-corrected chi connectivity index (χ1v) is 20.3. The Bertz CT molecular complexity index is 1710. The van der Waals surface area contributed by atoms with Crippen molar-refractivity contribution in [3.8, 4) is 11.5 Å².